The second-order valence-electron chi connectivity index (χ2n) is 7.21. The highest BCUT2D eigenvalue weighted by atomic mass is 32.1. The van der Waals surface area contributed by atoms with Crippen LogP contribution in [0.15, 0.2) is 72.8 Å². The van der Waals surface area contributed by atoms with Crippen molar-refractivity contribution in [3.63, 3.8) is 0 Å². The minimum Gasteiger partial charge on any atom is -0.457 e. The van der Waals surface area contributed by atoms with Crippen LogP contribution in [0.4, 0.5) is 10.8 Å². The fourth-order valence-electron chi connectivity index (χ4n) is 3.53. The molecule has 0 aliphatic carbocycles. The van der Waals surface area contributed by atoms with E-state index in [0.717, 1.165) is 34.6 Å². The fraction of sp³-hybridized carbons (Fsp3) is 0.125. The number of nitrogens with one attached hydrogen (secondary N) is 1. The minimum absolute atomic E-state index is 0.127. The zero-order chi connectivity index (χ0) is 21.2. The second-order valence-corrected chi connectivity index (χ2v) is 8.24. The van der Waals surface area contributed by atoms with Gasteiger partial charge < -0.3 is 9.64 Å². The number of carbonyl (C=O) groups is 2. The summed E-state index contributed by atoms with van der Waals surface area (Å²) in [5.41, 5.74) is 2.14. The lowest BCUT2D eigenvalue weighted by atomic mass is 10.2. The van der Waals surface area contributed by atoms with Crippen LogP contribution in [-0.4, -0.2) is 23.3 Å². The SMILES string of the molecule is O=C(Nc1nc2ccc(Oc3ccccc3)cc2s1)c1ccc(N2CCCC2=O)cc1. The van der Waals surface area contributed by atoms with Crippen LogP contribution in [0.1, 0.15) is 23.2 Å². The highest BCUT2D eigenvalue weighted by Crippen LogP contribution is 2.31. The van der Waals surface area contributed by atoms with Crippen molar-refractivity contribution in [3.05, 3.63) is 78.4 Å². The van der Waals surface area contributed by atoms with Crippen LogP contribution >= 0.6 is 11.3 Å². The molecule has 1 fully saturated rings. The largest absolute Gasteiger partial charge is 0.457 e. The minimum atomic E-state index is -0.237. The Morgan fingerprint density at radius 1 is 1.00 bits per heavy atom. The van der Waals surface area contributed by atoms with Crippen LogP contribution in [0.3, 0.4) is 0 Å². The molecule has 4 aromatic rings. The molecule has 0 saturated carbocycles. The van der Waals surface area contributed by atoms with Crippen molar-refractivity contribution in [2.45, 2.75) is 12.8 Å². The van der Waals surface area contributed by atoms with E-state index < -0.39 is 0 Å². The molecule has 154 valence electrons. The summed E-state index contributed by atoms with van der Waals surface area (Å²) in [6, 6.07) is 22.3. The molecule has 1 saturated heterocycles. The molecular formula is C24H19N3O3S. The Morgan fingerprint density at radius 2 is 1.81 bits per heavy atom. The number of hydrogen-bond donors (Lipinski definition) is 1. The van der Waals surface area contributed by atoms with E-state index in [1.54, 1.807) is 17.0 Å². The van der Waals surface area contributed by atoms with Crippen LogP contribution in [-0.2, 0) is 4.79 Å². The zero-order valence-corrected chi connectivity index (χ0v) is 17.4. The Bertz CT molecular complexity index is 1250. The van der Waals surface area contributed by atoms with Crippen LogP contribution < -0.4 is 15.0 Å². The summed E-state index contributed by atoms with van der Waals surface area (Å²) in [4.78, 5) is 30.8. The number of carbonyl (C=O) groups excluding carboxylic acids is 2. The summed E-state index contributed by atoms with van der Waals surface area (Å²) in [5, 5.41) is 3.39. The molecule has 2 heterocycles. The molecule has 5 rings (SSSR count). The van der Waals surface area contributed by atoms with Gasteiger partial charge in [0.1, 0.15) is 11.5 Å². The summed E-state index contributed by atoms with van der Waals surface area (Å²) in [7, 11) is 0. The van der Waals surface area contributed by atoms with Crippen molar-refractivity contribution in [1.29, 1.82) is 0 Å². The quantitative estimate of drug-likeness (QED) is 0.457. The van der Waals surface area contributed by atoms with E-state index in [-0.39, 0.29) is 11.8 Å². The summed E-state index contributed by atoms with van der Waals surface area (Å²) in [6.07, 6.45) is 1.45. The molecule has 1 aliphatic heterocycles. The zero-order valence-electron chi connectivity index (χ0n) is 16.6. The van der Waals surface area contributed by atoms with E-state index in [2.05, 4.69) is 10.3 Å². The van der Waals surface area contributed by atoms with Gasteiger partial charge in [0.05, 0.1) is 10.2 Å². The first-order valence-electron chi connectivity index (χ1n) is 10.0. The number of nitrogens with zero attached hydrogens (tertiary/aromatic N) is 2. The van der Waals surface area contributed by atoms with Crippen LogP contribution in [0.2, 0.25) is 0 Å². The number of anilines is 2. The van der Waals surface area contributed by atoms with Gasteiger partial charge in [-0.2, -0.15) is 0 Å². The summed E-state index contributed by atoms with van der Waals surface area (Å²) in [6.45, 7) is 0.728. The first kappa shape index (κ1) is 19.3. The molecule has 1 aliphatic rings. The number of para-hydroxylation sites is 1. The number of thiazole rings is 1. The summed E-state index contributed by atoms with van der Waals surface area (Å²) >= 11 is 1.39. The highest BCUT2D eigenvalue weighted by molar-refractivity contribution is 7.22. The molecule has 2 amide bonds. The maximum absolute atomic E-state index is 12.6. The molecule has 0 bridgehead atoms. The smallest absolute Gasteiger partial charge is 0.257 e. The van der Waals surface area contributed by atoms with Gasteiger partial charge >= 0.3 is 0 Å². The molecule has 0 atom stereocenters. The number of hydrogen-bond acceptors (Lipinski definition) is 5. The van der Waals surface area contributed by atoms with Crippen molar-refractivity contribution in [3.8, 4) is 11.5 Å². The lowest BCUT2D eigenvalue weighted by molar-refractivity contribution is -0.117. The molecule has 3 aromatic carbocycles. The third kappa shape index (κ3) is 4.13. The van der Waals surface area contributed by atoms with Crippen LogP contribution in [0.25, 0.3) is 10.2 Å². The Labute approximate surface area is 183 Å². The molecular weight excluding hydrogens is 410 g/mol. The maximum Gasteiger partial charge on any atom is 0.257 e. The van der Waals surface area contributed by atoms with Crippen molar-refractivity contribution in [2.75, 3.05) is 16.8 Å². The first-order valence-corrected chi connectivity index (χ1v) is 10.8. The van der Waals surface area contributed by atoms with E-state index in [4.69, 9.17) is 4.74 Å². The van der Waals surface area contributed by atoms with Gasteiger partial charge in [0.2, 0.25) is 5.91 Å². The third-order valence-electron chi connectivity index (χ3n) is 5.07. The van der Waals surface area contributed by atoms with Gasteiger partial charge in [0.25, 0.3) is 5.91 Å². The van der Waals surface area contributed by atoms with E-state index in [1.165, 1.54) is 11.3 Å². The molecule has 0 spiro atoms. The van der Waals surface area contributed by atoms with Crippen molar-refractivity contribution in [1.82, 2.24) is 4.98 Å². The predicted octanol–water partition coefficient (Wildman–Crippen LogP) is 5.47. The topological polar surface area (TPSA) is 71.5 Å². The second kappa shape index (κ2) is 8.20. The van der Waals surface area contributed by atoms with Crippen molar-refractivity contribution < 1.29 is 14.3 Å². The van der Waals surface area contributed by atoms with Crippen molar-refractivity contribution >= 4 is 44.2 Å². The van der Waals surface area contributed by atoms with E-state index >= 15 is 0 Å². The van der Waals surface area contributed by atoms with Crippen LogP contribution in [0.5, 0.6) is 11.5 Å². The normalized spacial score (nSPS) is 13.5. The number of amides is 2. The molecule has 31 heavy (non-hydrogen) atoms. The standard InChI is InChI=1S/C24H19N3O3S/c28-22-7-4-14-27(22)17-10-8-16(9-11-17)23(29)26-24-25-20-13-12-19(15-21(20)31-24)30-18-5-2-1-3-6-18/h1-3,5-6,8-13,15H,4,7,14H2,(H,25,26,29). The first-order chi connectivity index (χ1) is 15.2. The van der Waals surface area contributed by atoms with Gasteiger partial charge in [0, 0.05) is 30.3 Å². The maximum atomic E-state index is 12.6. The average Bonchev–Trinajstić information content (AvgIpc) is 3.39. The molecule has 6 nitrogen and oxygen atoms in total. The molecule has 0 radical (unpaired) electrons. The number of rotatable bonds is 5. The van der Waals surface area contributed by atoms with Gasteiger partial charge in [-0.05, 0) is 55.0 Å². The highest BCUT2D eigenvalue weighted by Gasteiger charge is 2.21. The summed E-state index contributed by atoms with van der Waals surface area (Å²) in [5.74, 6) is 1.37. The molecule has 1 N–H and O–H groups in total. The number of ether oxygens (including phenoxy) is 1. The van der Waals surface area contributed by atoms with Gasteiger partial charge in [-0.3, -0.25) is 14.9 Å². The van der Waals surface area contributed by atoms with E-state index in [1.807, 2.05) is 60.7 Å². The number of benzene rings is 3. The molecule has 1 aromatic heterocycles. The van der Waals surface area contributed by atoms with Gasteiger partial charge in [-0.25, -0.2) is 4.98 Å². The lowest BCUT2D eigenvalue weighted by Crippen LogP contribution is -2.23. The predicted molar refractivity (Wildman–Crippen MR) is 122 cm³/mol. The number of aromatic nitrogens is 1. The summed E-state index contributed by atoms with van der Waals surface area (Å²) < 4.78 is 6.79. The Kier molecular flexibility index (Phi) is 5.09. The Hall–Kier alpha value is -3.71. The van der Waals surface area contributed by atoms with Gasteiger partial charge in [-0.15, -0.1) is 0 Å². The lowest BCUT2D eigenvalue weighted by Gasteiger charge is -2.15. The van der Waals surface area contributed by atoms with Gasteiger partial charge in [-0.1, -0.05) is 29.5 Å². The monoisotopic (exact) mass is 429 g/mol. The fourth-order valence-corrected chi connectivity index (χ4v) is 4.42. The van der Waals surface area contributed by atoms with Crippen molar-refractivity contribution in [2.24, 2.45) is 0 Å². The number of fused-ring (bicyclic) bond motifs is 1. The van der Waals surface area contributed by atoms with E-state index in [9.17, 15) is 9.59 Å². The molecule has 7 heteroatoms. The Balaban J connectivity index is 1.29. The third-order valence-corrected chi connectivity index (χ3v) is 6.01. The Morgan fingerprint density at radius 3 is 2.55 bits per heavy atom. The average molecular weight is 430 g/mol. The van der Waals surface area contributed by atoms with E-state index in [0.29, 0.717) is 22.9 Å². The van der Waals surface area contributed by atoms with Gasteiger partial charge in [0.15, 0.2) is 5.13 Å². The molecule has 0 unspecified atom stereocenters. The van der Waals surface area contributed by atoms with Crippen LogP contribution in [0, 0.1) is 0 Å².